The fraction of sp³-hybridized carbons (Fsp3) is 0.389. The highest BCUT2D eigenvalue weighted by Gasteiger charge is 2.26. The monoisotopic (exact) mass is 282 g/mol. The van der Waals surface area contributed by atoms with Crippen LogP contribution in [0.1, 0.15) is 18.4 Å². The Morgan fingerprint density at radius 2 is 2.05 bits per heavy atom. The van der Waals surface area contributed by atoms with Gasteiger partial charge >= 0.3 is 0 Å². The van der Waals surface area contributed by atoms with Crippen molar-refractivity contribution in [3.63, 3.8) is 0 Å². The number of benzene rings is 2. The summed E-state index contributed by atoms with van der Waals surface area (Å²) >= 11 is 0. The molecule has 0 aliphatic carbocycles. The van der Waals surface area contributed by atoms with E-state index in [4.69, 9.17) is 0 Å². The van der Waals surface area contributed by atoms with E-state index >= 15 is 0 Å². The number of likely N-dealkylation sites (N-methyl/N-ethyl adjacent to an activating group) is 1. The number of piperidine rings is 1. The molecule has 1 saturated heterocycles. The predicted molar refractivity (Wildman–Crippen MR) is 86.2 cm³/mol. The number of nitrogens with one attached hydrogen (secondary N) is 2. The molecular weight excluding hydrogens is 260 g/mol. The minimum absolute atomic E-state index is 0.0382. The van der Waals surface area contributed by atoms with E-state index in [9.17, 15) is 4.79 Å². The van der Waals surface area contributed by atoms with Crippen molar-refractivity contribution in [3.05, 3.63) is 48.0 Å². The maximum Gasteiger partial charge on any atom is 0.236 e. The number of rotatable bonds is 3. The SMILES string of the molecule is CNC(=O)C1CC(Cc2cccc3ccccc23)CCN1. The number of fused-ring (bicyclic) bond motifs is 1. The van der Waals surface area contributed by atoms with Gasteiger partial charge in [-0.05, 0) is 48.1 Å². The summed E-state index contributed by atoms with van der Waals surface area (Å²) in [4.78, 5) is 11.8. The number of hydrogen-bond acceptors (Lipinski definition) is 2. The first kappa shape index (κ1) is 14.1. The molecule has 1 aliphatic heterocycles. The van der Waals surface area contributed by atoms with Gasteiger partial charge in [-0.2, -0.15) is 0 Å². The highest BCUT2D eigenvalue weighted by molar-refractivity contribution is 5.85. The van der Waals surface area contributed by atoms with Crippen LogP contribution in [0.15, 0.2) is 42.5 Å². The van der Waals surface area contributed by atoms with Gasteiger partial charge in [-0.3, -0.25) is 4.79 Å². The van der Waals surface area contributed by atoms with Crippen molar-refractivity contribution in [3.8, 4) is 0 Å². The van der Waals surface area contributed by atoms with Crippen LogP contribution in [0.4, 0.5) is 0 Å². The van der Waals surface area contributed by atoms with E-state index in [0.29, 0.717) is 5.92 Å². The maximum absolute atomic E-state index is 11.8. The third-order valence-electron chi connectivity index (χ3n) is 4.46. The number of carbonyl (C=O) groups excluding carboxylic acids is 1. The second-order valence-corrected chi connectivity index (χ2v) is 5.85. The van der Waals surface area contributed by atoms with E-state index in [1.165, 1.54) is 16.3 Å². The minimum atomic E-state index is -0.0382. The highest BCUT2D eigenvalue weighted by atomic mass is 16.2. The van der Waals surface area contributed by atoms with Crippen molar-refractivity contribution in [1.82, 2.24) is 10.6 Å². The van der Waals surface area contributed by atoms with Crippen LogP contribution < -0.4 is 10.6 Å². The predicted octanol–water partition coefficient (Wildman–Crippen LogP) is 2.50. The molecule has 1 aliphatic rings. The first-order valence-corrected chi connectivity index (χ1v) is 7.69. The average molecular weight is 282 g/mol. The second kappa shape index (κ2) is 6.27. The van der Waals surface area contributed by atoms with Crippen LogP contribution in [-0.4, -0.2) is 25.5 Å². The van der Waals surface area contributed by atoms with Gasteiger partial charge in [-0.1, -0.05) is 42.5 Å². The molecular formula is C18H22N2O. The normalized spacial score (nSPS) is 22.1. The standard InChI is InChI=1S/C18H22N2O/c1-19-18(21)17-12-13(9-10-20-17)11-15-7-4-6-14-5-2-3-8-16(14)15/h2-8,13,17,20H,9-12H2,1H3,(H,19,21). The molecule has 0 bridgehead atoms. The molecule has 0 saturated carbocycles. The van der Waals surface area contributed by atoms with Crippen molar-refractivity contribution < 1.29 is 4.79 Å². The summed E-state index contributed by atoms with van der Waals surface area (Å²) in [6.07, 6.45) is 3.11. The van der Waals surface area contributed by atoms with E-state index in [1.54, 1.807) is 7.05 Å². The molecule has 21 heavy (non-hydrogen) atoms. The van der Waals surface area contributed by atoms with Gasteiger partial charge in [0, 0.05) is 7.05 Å². The molecule has 1 heterocycles. The molecule has 3 nitrogen and oxygen atoms in total. The Kier molecular flexibility index (Phi) is 4.20. The van der Waals surface area contributed by atoms with E-state index in [1.807, 2.05) is 0 Å². The summed E-state index contributed by atoms with van der Waals surface area (Å²) in [6, 6.07) is 15.0. The Morgan fingerprint density at radius 3 is 2.90 bits per heavy atom. The average Bonchev–Trinajstić information content (AvgIpc) is 2.55. The van der Waals surface area contributed by atoms with Gasteiger partial charge in [0.2, 0.25) is 5.91 Å². The molecule has 110 valence electrons. The van der Waals surface area contributed by atoms with Crippen molar-refractivity contribution in [2.45, 2.75) is 25.3 Å². The molecule has 2 aromatic carbocycles. The fourth-order valence-corrected chi connectivity index (χ4v) is 3.34. The molecule has 1 fully saturated rings. The first-order valence-electron chi connectivity index (χ1n) is 7.69. The summed E-state index contributed by atoms with van der Waals surface area (Å²) < 4.78 is 0. The summed E-state index contributed by atoms with van der Waals surface area (Å²) in [5.74, 6) is 0.678. The van der Waals surface area contributed by atoms with E-state index in [2.05, 4.69) is 53.1 Å². The zero-order valence-electron chi connectivity index (χ0n) is 12.4. The molecule has 2 aromatic rings. The van der Waals surface area contributed by atoms with Crippen molar-refractivity contribution in [1.29, 1.82) is 0 Å². The molecule has 3 rings (SSSR count). The fourth-order valence-electron chi connectivity index (χ4n) is 3.34. The molecule has 1 amide bonds. The summed E-state index contributed by atoms with van der Waals surface area (Å²) in [5.41, 5.74) is 1.40. The lowest BCUT2D eigenvalue weighted by atomic mass is 9.85. The van der Waals surface area contributed by atoms with E-state index < -0.39 is 0 Å². The smallest absolute Gasteiger partial charge is 0.236 e. The molecule has 2 N–H and O–H groups in total. The van der Waals surface area contributed by atoms with Gasteiger partial charge in [0.05, 0.1) is 6.04 Å². The van der Waals surface area contributed by atoms with Crippen molar-refractivity contribution >= 4 is 16.7 Å². The topological polar surface area (TPSA) is 41.1 Å². The Morgan fingerprint density at radius 1 is 1.24 bits per heavy atom. The van der Waals surface area contributed by atoms with Gasteiger partial charge in [0.15, 0.2) is 0 Å². The molecule has 0 radical (unpaired) electrons. The van der Waals surface area contributed by atoms with Gasteiger partial charge in [-0.25, -0.2) is 0 Å². The van der Waals surface area contributed by atoms with Gasteiger partial charge in [-0.15, -0.1) is 0 Å². The minimum Gasteiger partial charge on any atom is -0.358 e. The first-order chi connectivity index (χ1) is 10.3. The molecule has 0 spiro atoms. The largest absolute Gasteiger partial charge is 0.358 e. The third kappa shape index (κ3) is 3.08. The zero-order valence-corrected chi connectivity index (χ0v) is 12.4. The lowest BCUT2D eigenvalue weighted by molar-refractivity contribution is -0.123. The van der Waals surface area contributed by atoms with Gasteiger partial charge in [0.1, 0.15) is 0 Å². The van der Waals surface area contributed by atoms with Gasteiger partial charge < -0.3 is 10.6 Å². The molecule has 2 atom stereocenters. The lowest BCUT2D eigenvalue weighted by Gasteiger charge is -2.29. The van der Waals surface area contributed by atoms with Crippen LogP contribution in [0.3, 0.4) is 0 Å². The van der Waals surface area contributed by atoms with Crippen LogP contribution in [0, 0.1) is 5.92 Å². The number of hydrogen-bond donors (Lipinski definition) is 2. The second-order valence-electron chi connectivity index (χ2n) is 5.85. The quantitative estimate of drug-likeness (QED) is 0.908. The highest BCUT2D eigenvalue weighted by Crippen LogP contribution is 2.26. The number of amides is 1. The molecule has 0 aromatic heterocycles. The molecule has 3 heteroatoms. The maximum atomic E-state index is 11.8. The summed E-state index contributed by atoms with van der Waals surface area (Å²) in [6.45, 7) is 0.924. The van der Waals surface area contributed by atoms with E-state index in [0.717, 1.165) is 25.8 Å². The Hall–Kier alpha value is -1.87. The number of carbonyl (C=O) groups is 1. The van der Waals surface area contributed by atoms with Crippen molar-refractivity contribution in [2.24, 2.45) is 5.92 Å². The molecule has 2 unspecified atom stereocenters. The lowest BCUT2D eigenvalue weighted by Crippen LogP contribution is -2.48. The van der Waals surface area contributed by atoms with Crippen molar-refractivity contribution in [2.75, 3.05) is 13.6 Å². The Bertz CT molecular complexity index is 633. The zero-order chi connectivity index (χ0) is 14.7. The van der Waals surface area contributed by atoms with Crippen LogP contribution in [0.25, 0.3) is 10.8 Å². The van der Waals surface area contributed by atoms with Crippen LogP contribution in [-0.2, 0) is 11.2 Å². The van der Waals surface area contributed by atoms with Crippen LogP contribution in [0.5, 0.6) is 0 Å². The van der Waals surface area contributed by atoms with Crippen LogP contribution in [0.2, 0.25) is 0 Å². The van der Waals surface area contributed by atoms with Crippen LogP contribution >= 0.6 is 0 Å². The summed E-state index contributed by atoms with van der Waals surface area (Å²) in [7, 11) is 1.71. The Labute approximate surface area is 125 Å². The van der Waals surface area contributed by atoms with Gasteiger partial charge in [0.25, 0.3) is 0 Å². The Balaban J connectivity index is 1.77. The summed E-state index contributed by atoms with van der Waals surface area (Å²) in [5, 5.41) is 8.70. The third-order valence-corrected chi connectivity index (χ3v) is 4.46. The van der Waals surface area contributed by atoms with E-state index in [-0.39, 0.29) is 11.9 Å².